The molecule has 0 aliphatic carbocycles. The van der Waals surface area contributed by atoms with Crippen LogP contribution in [0.4, 0.5) is 21.9 Å². The number of urea groups is 1. The van der Waals surface area contributed by atoms with E-state index in [1.807, 2.05) is 19.1 Å². The highest BCUT2D eigenvalue weighted by molar-refractivity contribution is 6.09. The van der Waals surface area contributed by atoms with Crippen LogP contribution in [0.3, 0.4) is 0 Å². The minimum atomic E-state index is -1.77. The minimum Gasteiger partial charge on any atom is -0.365 e. The number of aryl methyl sites for hydroxylation is 1. The molecule has 1 saturated heterocycles. The summed E-state index contributed by atoms with van der Waals surface area (Å²) in [6.45, 7) is 12.9. The fourth-order valence-electron chi connectivity index (χ4n) is 4.29. The van der Waals surface area contributed by atoms with Crippen molar-refractivity contribution >= 4 is 23.1 Å². The Morgan fingerprint density at radius 3 is 2.16 bits per heavy atom. The molecule has 1 aliphatic rings. The number of nitriles is 1. The summed E-state index contributed by atoms with van der Waals surface area (Å²) in [6.07, 6.45) is 0. The summed E-state index contributed by atoms with van der Waals surface area (Å²) in [5.74, 6) is 0. The number of carbonyl (C=O) groups excluding carboxylic acids is 1. The van der Waals surface area contributed by atoms with Crippen LogP contribution in [0.25, 0.3) is 4.85 Å². The minimum absolute atomic E-state index is 0.375. The van der Waals surface area contributed by atoms with Crippen molar-refractivity contribution in [2.75, 3.05) is 9.80 Å². The van der Waals surface area contributed by atoms with Gasteiger partial charge in [-0.3, -0.25) is 9.80 Å². The average Bonchev–Trinajstić information content (AvgIpc) is 2.96. The van der Waals surface area contributed by atoms with E-state index in [2.05, 4.69) is 10.9 Å². The van der Waals surface area contributed by atoms with Gasteiger partial charge in [0, 0.05) is 11.4 Å². The third-order valence-electron chi connectivity index (χ3n) is 6.04. The van der Waals surface area contributed by atoms with Crippen LogP contribution in [0.1, 0.15) is 30.5 Å². The summed E-state index contributed by atoms with van der Waals surface area (Å²) in [7, 11) is 0. The first-order valence-electron chi connectivity index (χ1n) is 10.2. The number of carbonyl (C=O) groups is 1. The van der Waals surface area contributed by atoms with Crippen molar-refractivity contribution in [2.45, 2.75) is 32.0 Å². The molecule has 32 heavy (non-hydrogen) atoms. The van der Waals surface area contributed by atoms with E-state index in [1.165, 1.54) is 4.90 Å². The van der Waals surface area contributed by atoms with Crippen LogP contribution in [0, 0.1) is 24.8 Å². The Bertz CT molecular complexity index is 1270. The molecule has 4 rings (SSSR count). The van der Waals surface area contributed by atoms with Gasteiger partial charge < -0.3 is 5.11 Å². The van der Waals surface area contributed by atoms with Crippen molar-refractivity contribution in [1.82, 2.24) is 0 Å². The molecule has 1 aliphatic heterocycles. The van der Waals surface area contributed by atoms with Crippen molar-refractivity contribution in [3.8, 4) is 6.07 Å². The quantitative estimate of drug-likeness (QED) is 0.568. The van der Waals surface area contributed by atoms with E-state index in [4.69, 9.17) is 11.8 Å². The van der Waals surface area contributed by atoms with Crippen LogP contribution in [-0.4, -0.2) is 16.7 Å². The molecule has 3 aromatic carbocycles. The first kappa shape index (κ1) is 21.1. The highest BCUT2D eigenvalue weighted by Crippen LogP contribution is 2.50. The highest BCUT2D eigenvalue weighted by Gasteiger charge is 2.63. The normalized spacial score (nSPS) is 19.5. The SMILES string of the molecule is [C-]#[N+]c1cccc(C2(O)N(c3ccc(C)cc3)C(=O)N(c3ccc(C#N)cc3)C2(C)C)c1. The van der Waals surface area contributed by atoms with Crippen LogP contribution in [0.5, 0.6) is 0 Å². The Labute approximate surface area is 187 Å². The molecular weight excluding hydrogens is 400 g/mol. The molecule has 0 aromatic heterocycles. The second-order valence-electron chi connectivity index (χ2n) is 8.34. The van der Waals surface area contributed by atoms with Gasteiger partial charge in [0.25, 0.3) is 0 Å². The van der Waals surface area contributed by atoms with Gasteiger partial charge in [0.1, 0.15) is 0 Å². The van der Waals surface area contributed by atoms with Gasteiger partial charge >= 0.3 is 6.03 Å². The molecule has 2 amide bonds. The van der Waals surface area contributed by atoms with E-state index in [-0.39, 0.29) is 0 Å². The maximum atomic E-state index is 13.9. The number of amides is 2. The van der Waals surface area contributed by atoms with Crippen LogP contribution >= 0.6 is 0 Å². The third kappa shape index (κ3) is 3.01. The zero-order valence-corrected chi connectivity index (χ0v) is 18.1. The molecule has 3 aromatic rings. The monoisotopic (exact) mass is 422 g/mol. The van der Waals surface area contributed by atoms with E-state index in [0.29, 0.717) is 28.2 Å². The van der Waals surface area contributed by atoms with Crippen LogP contribution in [-0.2, 0) is 5.72 Å². The standard InChI is InChI=1S/C26H22N4O2/c1-18-8-12-23(13-9-18)30-24(31)29(22-14-10-19(17-27)11-15-22)25(2,3)26(30,32)20-6-5-7-21(16-20)28-4/h5-16,32H,1-3H3. The van der Waals surface area contributed by atoms with Crippen LogP contribution in [0.2, 0.25) is 0 Å². The predicted octanol–water partition coefficient (Wildman–Crippen LogP) is 5.49. The summed E-state index contributed by atoms with van der Waals surface area (Å²) in [4.78, 5) is 20.3. The van der Waals surface area contributed by atoms with Crippen molar-refractivity contribution in [1.29, 1.82) is 5.26 Å². The number of anilines is 2. The summed E-state index contributed by atoms with van der Waals surface area (Å²) < 4.78 is 0. The Morgan fingerprint density at radius 2 is 1.56 bits per heavy atom. The largest absolute Gasteiger partial charge is 0.365 e. The maximum Gasteiger partial charge on any atom is 0.332 e. The number of aliphatic hydroxyl groups is 1. The van der Waals surface area contributed by atoms with E-state index in [0.717, 1.165) is 5.56 Å². The Kier molecular flexibility index (Phi) is 4.97. The van der Waals surface area contributed by atoms with Gasteiger partial charge in [-0.15, -0.1) is 0 Å². The lowest BCUT2D eigenvalue weighted by Gasteiger charge is -2.43. The highest BCUT2D eigenvalue weighted by atomic mass is 16.3. The number of hydrogen-bond acceptors (Lipinski definition) is 3. The number of rotatable bonds is 3. The second kappa shape index (κ2) is 7.53. The topological polar surface area (TPSA) is 71.9 Å². The lowest BCUT2D eigenvalue weighted by Crippen LogP contribution is -2.56. The fourth-order valence-corrected chi connectivity index (χ4v) is 4.29. The zero-order valence-electron chi connectivity index (χ0n) is 18.1. The lowest BCUT2D eigenvalue weighted by molar-refractivity contribution is -0.00241. The average molecular weight is 422 g/mol. The molecule has 1 N–H and O–H groups in total. The maximum absolute atomic E-state index is 13.9. The molecule has 1 atom stereocenters. The molecule has 1 fully saturated rings. The second-order valence-corrected chi connectivity index (χ2v) is 8.34. The smallest absolute Gasteiger partial charge is 0.332 e. The van der Waals surface area contributed by atoms with Crippen molar-refractivity contribution in [2.24, 2.45) is 0 Å². The van der Waals surface area contributed by atoms with Gasteiger partial charge in [0.05, 0.1) is 23.7 Å². The lowest BCUT2D eigenvalue weighted by atomic mass is 9.83. The first-order chi connectivity index (χ1) is 15.2. The molecule has 0 bridgehead atoms. The molecule has 6 nitrogen and oxygen atoms in total. The van der Waals surface area contributed by atoms with Crippen LogP contribution < -0.4 is 9.80 Å². The molecule has 6 heteroatoms. The van der Waals surface area contributed by atoms with Crippen molar-refractivity contribution in [3.05, 3.63) is 101 Å². The fraction of sp³-hybridized carbons (Fsp3) is 0.192. The molecule has 1 heterocycles. The van der Waals surface area contributed by atoms with Crippen LogP contribution in [0.15, 0.2) is 72.8 Å². The van der Waals surface area contributed by atoms with Gasteiger partial charge in [0.2, 0.25) is 0 Å². The third-order valence-corrected chi connectivity index (χ3v) is 6.04. The predicted molar refractivity (Wildman–Crippen MR) is 123 cm³/mol. The van der Waals surface area contributed by atoms with Gasteiger partial charge in [-0.25, -0.2) is 9.64 Å². The molecule has 0 radical (unpaired) electrons. The summed E-state index contributed by atoms with van der Waals surface area (Å²) in [5.41, 5.74) is 0.545. The van der Waals surface area contributed by atoms with Gasteiger partial charge in [0.15, 0.2) is 11.4 Å². The van der Waals surface area contributed by atoms with Crippen molar-refractivity contribution in [3.63, 3.8) is 0 Å². The first-order valence-corrected chi connectivity index (χ1v) is 10.2. The Hall–Kier alpha value is -4.13. The summed E-state index contributed by atoms with van der Waals surface area (Å²) in [6, 6.07) is 22.5. The number of nitrogens with zero attached hydrogens (tertiary/aromatic N) is 4. The van der Waals surface area contributed by atoms with Crippen molar-refractivity contribution < 1.29 is 9.90 Å². The Morgan fingerprint density at radius 1 is 0.969 bits per heavy atom. The number of benzene rings is 3. The van der Waals surface area contributed by atoms with E-state index < -0.39 is 17.3 Å². The molecule has 158 valence electrons. The zero-order chi connectivity index (χ0) is 23.1. The number of hydrogen-bond donors (Lipinski definition) is 1. The van der Waals surface area contributed by atoms with Gasteiger partial charge in [-0.1, -0.05) is 35.9 Å². The Balaban J connectivity index is 1.96. The molecule has 0 spiro atoms. The van der Waals surface area contributed by atoms with E-state index in [1.54, 1.807) is 79.4 Å². The summed E-state index contributed by atoms with van der Waals surface area (Å²) in [5, 5.41) is 21.4. The van der Waals surface area contributed by atoms with E-state index in [9.17, 15) is 9.90 Å². The summed E-state index contributed by atoms with van der Waals surface area (Å²) >= 11 is 0. The van der Waals surface area contributed by atoms with Gasteiger partial charge in [-0.2, -0.15) is 5.26 Å². The van der Waals surface area contributed by atoms with E-state index >= 15 is 0 Å². The van der Waals surface area contributed by atoms with Gasteiger partial charge in [-0.05, 0) is 68.8 Å². The molecule has 0 saturated carbocycles. The molecular formula is C26H22N4O2. The molecule has 1 unspecified atom stereocenters.